The summed E-state index contributed by atoms with van der Waals surface area (Å²) >= 11 is 0. The van der Waals surface area contributed by atoms with Crippen LogP contribution >= 0.6 is 0 Å². The van der Waals surface area contributed by atoms with Gasteiger partial charge in [0, 0.05) is 5.56 Å². The van der Waals surface area contributed by atoms with Crippen molar-refractivity contribution >= 4 is 0 Å². The van der Waals surface area contributed by atoms with Crippen molar-refractivity contribution in [2.24, 2.45) is 11.3 Å². The summed E-state index contributed by atoms with van der Waals surface area (Å²) < 4.78 is 19.8. The van der Waals surface area contributed by atoms with Crippen LogP contribution in [-0.4, -0.2) is 6.61 Å². The van der Waals surface area contributed by atoms with Crippen LogP contribution in [0.3, 0.4) is 0 Å². The van der Waals surface area contributed by atoms with E-state index in [1.54, 1.807) is 6.07 Å². The Morgan fingerprint density at radius 2 is 1.95 bits per heavy atom. The van der Waals surface area contributed by atoms with Gasteiger partial charge in [-0.3, -0.25) is 0 Å². The summed E-state index contributed by atoms with van der Waals surface area (Å²) in [6.07, 6.45) is 4.54. The first-order valence-corrected chi connectivity index (χ1v) is 7.41. The molecule has 0 heterocycles. The first kappa shape index (κ1) is 13.0. The zero-order chi connectivity index (χ0) is 13.6. The zero-order valence-electron chi connectivity index (χ0n) is 12.1. The van der Waals surface area contributed by atoms with Crippen molar-refractivity contribution in [3.05, 3.63) is 29.1 Å². The minimum atomic E-state index is -0.186. The van der Waals surface area contributed by atoms with Crippen LogP contribution in [0.25, 0.3) is 0 Å². The maximum absolute atomic E-state index is 14.0. The summed E-state index contributed by atoms with van der Waals surface area (Å²) in [7, 11) is 0. The first-order chi connectivity index (χ1) is 8.97. The van der Waals surface area contributed by atoms with Crippen LogP contribution in [0.2, 0.25) is 0 Å². The van der Waals surface area contributed by atoms with Crippen molar-refractivity contribution in [1.82, 2.24) is 0 Å². The number of ether oxygens (including phenoxy) is 1. The summed E-state index contributed by atoms with van der Waals surface area (Å²) in [4.78, 5) is 0. The van der Waals surface area contributed by atoms with Crippen LogP contribution < -0.4 is 4.74 Å². The number of fused-ring (bicyclic) bond motifs is 1. The number of hydrogen-bond donors (Lipinski definition) is 0. The van der Waals surface area contributed by atoms with Gasteiger partial charge in [-0.25, -0.2) is 4.39 Å². The first-order valence-electron chi connectivity index (χ1n) is 7.41. The van der Waals surface area contributed by atoms with E-state index in [-0.39, 0.29) is 11.2 Å². The van der Waals surface area contributed by atoms with Gasteiger partial charge in [0.1, 0.15) is 0 Å². The highest BCUT2D eigenvalue weighted by Crippen LogP contribution is 2.48. The SMILES string of the molecule is CC(C)(C)C1CCc2c1ccc(F)c2OCC1CC1. The molecule has 19 heavy (non-hydrogen) atoms. The smallest absolute Gasteiger partial charge is 0.165 e. The monoisotopic (exact) mass is 262 g/mol. The lowest BCUT2D eigenvalue weighted by molar-refractivity contribution is 0.282. The molecule has 0 amide bonds. The Kier molecular flexibility index (Phi) is 3.07. The summed E-state index contributed by atoms with van der Waals surface area (Å²) in [5.74, 6) is 1.53. The second-order valence-corrected chi connectivity index (χ2v) is 7.16. The third kappa shape index (κ3) is 2.50. The van der Waals surface area contributed by atoms with Gasteiger partial charge in [0.2, 0.25) is 0 Å². The third-order valence-electron chi connectivity index (χ3n) is 4.51. The van der Waals surface area contributed by atoms with Crippen molar-refractivity contribution in [3.8, 4) is 5.75 Å². The summed E-state index contributed by atoms with van der Waals surface area (Å²) in [5.41, 5.74) is 2.66. The average molecular weight is 262 g/mol. The Balaban J connectivity index is 1.90. The summed E-state index contributed by atoms with van der Waals surface area (Å²) in [6, 6.07) is 3.56. The number of halogens is 1. The Hall–Kier alpha value is -1.05. The van der Waals surface area contributed by atoms with Crippen molar-refractivity contribution in [3.63, 3.8) is 0 Å². The fourth-order valence-electron chi connectivity index (χ4n) is 3.18. The molecule has 0 radical (unpaired) electrons. The van der Waals surface area contributed by atoms with Crippen molar-refractivity contribution < 1.29 is 9.13 Å². The predicted molar refractivity (Wildman–Crippen MR) is 75.1 cm³/mol. The molecule has 1 unspecified atom stereocenters. The van der Waals surface area contributed by atoms with Crippen molar-refractivity contribution in [2.45, 2.75) is 52.4 Å². The fraction of sp³-hybridized carbons (Fsp3) is 0.647. The van der Waals surface area contributed by atoms with Gasteiger partial charge in [0.15, 0.2) is 11.6 Å². The van der Waals surface area contributed by atoms with Gasteiger partial charge in [-0.05, 0) is 54.6 Å². The molecular weight excluding hydrogens is 239 g/mol. The zero-order valence-corrected chi connectivity index (χ0v) is 12.1. The highest BCUT2D eigenvalue weighted by atomic mass is 19.1. The molecule has 2 aliphatic rings. The van der Waals surface area contributed by atoms with E-state index in [9.17, 15) is 4.39 Å². The van der Waals surface area contributed by atoms with Crippen LogP contribution in [0.5, 0.6) is 5.75 Å². The van der Waals surface area contributed by atoms with Crippen LogP contribution in [0.4, 0.5) is 4.39 Å². The minimum absolute atomic E-state index is 0.186. The van der Waals surface area contributed by atoms with Gasteiger partial charge >= 0.3 is 0 Å². The average Bonchev–Trinajstić information content (AvgIpc) is 3.03. The topological polar surface area (TPSA) is 9.23 Å². The van der Waals surface area contributed by atoms with Crippen molar-refractivity contribution in [1.29, 1.82) is 0 Å². The molecule has 0 aliphatic heterocycles. The van der Waals surface area contributed by atoms with E-state index in [4.69, 9.17) is 4.74 Å². The predicted octanol–water partition coefficient (Wildman–Crippen LogP) is 4.69. The van der Waals surface area contributed by atoms with Crippen LogP contribution in [0, 0.1) is 17.2 Å². The van der Waals surface area contributed by atoms with Crippen molar-refractivity contribution in [2.75, 3.05) is 6.61 Å². The standard InChI is InChI=1S/C17H23FO/c1-17(2,3)14-8-6-13-12(14)7-9-15(18)16(13)19-10-11-4-5-11/h7,9,11,14H,4-6,8,10H2,1-3H3. The molecule has 104 valence electrons. The molecule has 1 fully saturated rings. The van der Waals surface area contributed by atoms with E-state index < -0.39 is 0 Å². The second kappa shape index (κ2) is 4.50. The molecular formula is C17H23FO. The quantitative estimate of drug-likeness (QED) is 0.767. The molecule has 3 rings (SSSR count). The Bertz CT molecular complexity index is 483. The Labute approximate surface area is 115 Å². The molecule has 0 N–H and O–H groups in total. The molecule has 2 aliphatic carbocycles. The third-order valence-corrected chi connectivity index (χ3v) is 4.51. The van der Waals surface area contributed by atoms with Gasteiger partial charge in [-0.2, -0.15) is 0 Å². The van der Waals surface area contributed by atoms with Gasteiger partial charge in [0.05, 0.1) is 6.61 Å². The Morgan fingerprint density at radius 3 is 2.58 bits per heavy atom. The highest BCUT2D eigenvalue weighted by Gasteiger charge is 2.35. The number of rotatable bonds is 3. The lowest BCUT2D eigenvalue weighted by Crippen LogP contribution is -2.16. The van der Waals surface area contributed by atoms with E-state index in [2.05, 4.69) is 20.8 Å². The van der Waals surface area contributed by atoms with Gasteiger partial charge in [-0.1, -0.05) is 26.8 Å². The molecule has 1 nitrogen and oxygen atoms in total. The lowest BCUT2D eigenvalue weighted by Gasteiger charge is -2.28. The molecule has 1 aromatic carbocycles. The molecule has 0 saturated heterocycles. The van der Waals surface area contributed by atoms with Crippen LogP contribution in [-0.2, 0) is 6.42 Å². The number of benzene rings is 1. The van der Waals surface area contributed by atoms with Gasteiger partial charge < -0.3 is 4.74 Å². The Morgan fingerprint density at radius 1 is 1.21 bits per heavy atom. The molecule has 0 bridgehead atoms. The summed E-state index contributed by atoms with van der Waals surface area (Å²) in [6.45, 7) is 7.48. The molecule has 2 heteroatoms. The van der Waals surface area contributed by atoms with E-state index >= 15 is 0 Å². The molecule has 0 aromatic heterocycles. The minimum Gasteiger partial charge on any atom is -0.490 e. The maximum atomic E-state index is 14.0. The van der Waals surface area contributed by atoms with E-state index in [1.807, 2.05) is 6.07 Å². The van der Waals surface area contributed by atoms with Crippen LogP contribution in [0.1, 0.15) is 57.1 Å². The van der Waals surface area contributed by atoms with Gasteiger partial charge in [0.25, 0.3) is 0 Å². The summed E-state index contributed by atoms with van der Waals surface area (Å²) in [5, 5.41) is 0. The van der Waals surface area contributed by atoms with E-state index in [0.717, 1.165) is 18.4 Å². The largest absolute Gasteiger partial charge is 0.490 e. The van der Waals surface area contributed by atoms with E-state index in [0.29, 0.717) is 24.2 Å². The van der Waals surface area contributed by atoms with Crippen LogP contribution in [0.15, 0.2) is 12.1 Å². The highest BCUT2D eigenvalue weighted by molar-refractivity contribution is 5.47. The normalized spacial score (nSPS) is 22.4. The molecule has 1 saturated carbocycles. The molecule has 1 atom stereocenters. The van der Waals surface area contributed by atoms with E-state index in [1.165, 1.54) is 18.4 Å². The fourth-order valence-corrected chi connectivity index (χ4v) is 3.18. The molecule has 0 spiro atoms. The second-order valence-electron chi connectivity index (χ2n) is 7.16. The van der Waals surface area contributed by atoms with Gasteiger partial charge in [-0.15, -0.1) is 0 Å². The lowest BCUT2D eigenvalue weighted by atomic mass is 9.77. The number of hydrogen-bond acceptors (Lipinski definition) is 1. The molecule has 1 aromatic rings. The maximum Gasteiger partial charge on any atom is 0.165 e.